The minimum absolute atomic E-state index is 0.805. The Bertz CT molecular complexity index is 118. The molecule has 0 aromatic carbocycles. The van der Waals surface area contributed by atoms with Crippen molar-refractivity contribution >= 4 is 6.72 Å². The molecule has 1 heteroatoms. The first-order chi connectivity index (χ1) is 3.79. The highest BCUT2D eigenvalue weighted by molar-refractivity contribution is 5.15. The first-order valence-electron chi connectivity index (χ1n) is 2.99. The molecule has 0 heterocycles. The van der Waals surface area contributed by atoms with E-state index in [4.69, 9.17) is 0 Å². The fraction of sp³-hybridized carbons (Fsp3) is 0.571. The zero-order valence-electron chi connectivity index (χ0n) is 5.30. The van der Waals surface area contributed by atoms with Crippen LogP contribution >= 0.6 is 0 Å². The molecule has 1 aliphatic rings. The van der Waals surface area contributed by atoms with Crippen LogP contribution in [-0.4, -0.2) is 24.9 Å². The van der Waals surface area contributed by atoms with E-state index in [0.717, 1.165) is 12.5 Å². The SMILES string of the molecule is C=[N+](C)CCC1C=C1. The Morgan fingerprint density at radius 3 is 2.62 bits per heavy atom. The van der Waals surface area contributed by atoms with Gasteiger partial charge in [-0.25, -0.2) is 4.58 Å². The van der Waals surface area contributed by atoms with E-state index < -0.39 is 0 Å². The summed E-state index contributed by atoms with van der Waals surface area (Å²) in [6.07, 6.45) is 5.70. The summed E-state index contributed by atoms with van der Waals surface area (Å²) in [4.78, 5) is 0. The molecule has 0 unspecified atom stereocenters. The van der Waals surface area contributed by atoms with Crippen LogP contribution < -0.4 is 0 Å². The van der Waals surface area contributed by atoms with E-state index in [2.05, 4.69) is 18.9 Å². The van der Waals surface area contributed by atoms with Gasteiger partial charge < -0.3 is 0 Å². The first-order valence-corrected chi connectivity index (χ1v) is 2.99. The van der Waals surface area contributed by atoms with Crippen molar-refractivity contribution in [3.8, 4) is 0 Å². The van der Waals surface area contributed by atoms with Crippen molar-refractivity contribution < 1.29 is 4.58 Å². The Morgan fingerprint density at radius 2 is 2.25 bits per heavy atom. The van der Waals surface area contributed by atoms with Crippen LogP contribution in [0.5, 0.6) is 0 Å². The van der Waals surface area contributed by atoms with Crippen LogP contribution in [0.2, 0.25) is 0 Å². The monoisotopic (exact) mass is 110 g/mol. The molecule has 1 rings (SSSR count). The third kappa shape index (κ3) is 1.92. The standard InChI is InChI=1S/C7H12N/c1-8(2)6-5-7-3-4-7/h3-4,7H,1,5-6H2,2H3/q+1. The van der Waals surface area contributed by atoms with Gasteiger partial charge in [-0.3, -0.25) is 0 Å². The predicted octanol–water partition coefficient (Wildman–Crippen LogP) is 0.905. The fourth-order valence-electron chi connectivity index (χ4n) is 0.640. The maximum atomic E-state index is 3.74. The molecule has 0 bridgehead atoms. The maximum Gasteiger partial charge on any atom is 0.142 e. The van der Waals surface area contributed by atoms with Gasteiger partial charge in [-0.05, 0) is 0 Å². The van der Waals surface area contributed by atoms with E-state index in [0.29, 0.717) is 0 Å². The van der Waals surface area contributed by atoms with Crippen LogP contribution in [0.4, 0.5) is 0 Å². The molecule has 0 saturated carbocycles. The van der Waals surface area contributed by atoms with Crippen LogP contribution in [-0.2, 0) is 0 Å². The molecule has 0 aromatic heterocycles. The first kappa shape index (κ1) is 5.54. The Hall–Kier alpha value is -0.590. The number of hydrogen-bond donors (Lipinski definition) is 0. The molecule has 44 valence electrons. The van der Waals surface area contributed by atoms with Crippen LogP contribution in [0.1, 0.15) is 6.42 Å². The molecule has 0 aromatic rings. The highest BCUT2D eigenvalue weighted by Crippen LogP contribution is 2.18. The molecule has 1 aliphatic carbocycles. The Morgan fingerprint density at radius 1 is 1.62 bits per heavy atom. The summed E-state index contributed by atoms with van der Waals surface area (Å²) < 4.78 is 1.97. The normalized spacial score (nSPS) is 16.6. The highest BCUT2D eigenvalue weighted by Gasteiger charge is 2.11. The van der Waals surface area contributed by atoms with Gasteiger partial charge in [-0.1, -0.05) is 12.2 Å². The molecule has 0 spiro atoms. The summed E-state index contributed by atoms with van der Waals surface area (Å²) in [5.74, 6) is 0.805. The van der Waals surface area contributed by atoms with Gasteiger partial charge in [0.2, 0.25) is 0 Å². The van der Waals surface area contributed by atoms with Gasteiger partial charge in [0, 0.05) is 12.3 Å². The van der Waals surface area contributed by atoms with Crippen LogP contribution in [0, 0.1) is 5.92 Å². The van der Waals surface area contributed by atoms with Crippen LogP contribution in [0.3, 0.4) is 0 Å². The number of nitrogens with zero attached hydrogens (tertiary/aromatic N) is 1. The average molecular weight is 110 g/mol. The molecule has 1 nitrogen and oxygen atoms in total. The second-order valence-electron chi connectivity index (χ2n) is 2.42. The van der Waals surface area contributed by atoms with Crippen LogP contribution in [0.15, 0.2) is 12.2 Å². The predicted molar refractivity (Wildman–Crippen MR) is 35.4 cm³/mol. The lowest BCUT2D eigenvalue weighted by molar-refractivity contribution is -0.489. The Labute approximate surface area is 50.3 Å². The van der Waals surface area contributed by atoms with Crippen molar-refractivity contribution in [3.05, 3.63) is 12.2 Å². The second kappa shape index (κ2) is 2.12. The molecule has 0 fully saturated rings. The van der Waals surface area contributed by atoms with E-state index in [1.165, 1.54) is 6.42 Å². The zero-order chi connectivity index (χ0) is 5.98. The van der Waals surface area contributed by atoms with Gasteiger partial charge in [0.15, 0.2) is 0 Å². The third-order valence-electron chi connectivity index (χ3n) is 1.31. The van der Waals surface area contributed by atoms with Crippen molar-refractivity contribution in [2.45, 2.75) is 6.42 Å². The van der Waals surface area contributed by atoms with Crippen LogP contribution in [0.25, 0.3) is 0 Å². The smallest absolute Gasteiger partial charge is 0.142 e. The summed E-state index contributed by atoms with van der Waals surface area (Å²) in [7, 11) is 2.00. The van der Waals surface area contributed by atoms with Crippen molar-refractivity contribution in [2.24, 2.45) is 5.92 Å². The molecule has 0 saturated heterocycles. The summed E-state index contributed by atoms with van der Waals surface area (Å²) >= 11 is 0. The van der Waals surface area contributed by atoms with E-state index >= 15 is 0 Å². The number of hydrogen-bond acceptors (Lipinski definition) is 0. The largest absolute Gasteiger partial charge is 0.245 e. The molecule has 0 aliphatic heterocycles. The molecule has 0 atom stereocenters. The zero-order valence-corrected chi connectivity index (χ0v) is 5.30. The molecule has 0 amide bonds. The Kier molecular flexibility index (Phi) is 1.47. The highest BCUT2D eigenvalue weighted by atomic mass is 14.9. The summed E-state index contributed by atoms with van der Waals surface area (Å²) in [6, 6.07) is 0. The van der Waals surface area contributed by atoms with Gasteiger partial charge in [0.25, 0.3) is 0 Å². The molecule has 0 N–H and O–H groups in total. The minimum Gasteiger partial charge on any atom is -0.245 e. The number of rotatable bonds is 3. The molecule has 0 radical (unpaired) electrons. The lowest BCUT2D eigenvalue weighted by atomic mass is 10.3. The van der Waals surface area contributed by atoms with Gasteiger partial charge in [0.05, 0.1) is 0 Å². The van der Waals surface area contributed by atoms with Crippen molar-refractivity contribution in [1.29, 1.82) is 0 Å². The lowest BCUT2D eigenvalue weighted by Gasteiger charge is -1.91. The van der Waals surface area contributed by atoms with E-state index in [9.17, 15) is 0 Å². The molecular weight excluding hydrogens is 98.1 g/mol. The Balaban J connectivity index is 1.96. The summed E-state index contributed by atoms with van der Waals surface area (Å²) in [5.41, 5.74) is 0. The van der Waals surface area contributed by atoms with Gasteiger partial charge in [-0.2, -0.15) is 0 Å². The molecular formula is C7H12N+. The van der Waals surface area contributed by atoms with Crippen molar-refractivity contribution in [2.75, 3.05) is 13.6 Å². The van der Waals surface area contributed by atoms with Gasteiger partial charge in [0.1, 0.15) is 20.3 Å². The van der Waals surface area contributed by atoms with E-state index in [1.807, 2.05) is 11.6 Å². The van der Waals surface area contributed by atoms with Gasteiger partial charge in [-0.15, -0.1) is 0 Å². The van der Waals surface area contributed by atoms with Crippen molar-refractivity contribution in [3.63, 3.8) is 0 Å². The topological polar surface area (TPSA) is 3.01 Å². The molecule has 8 heavy (non-hydrogen) atoms. The summed E-state index contributed by atoms with van der Waals surface area (Å²) in [5, 5.41) is 0. The van der Waals surface area contributed by atoms with Crippen molar-refractivity contribution in [1.82, 2.24) is 0 Å². The fourth-order valence-corrected chi connectivity index (χ4v) is 0.640. The average Bonchev–Trinajstić information content (AvgIpc) is 2.41. The van der Waals surface area contributed by atoms with E-state index in [-0.39, 0.29) is 0 Å². The lowest BCUT2D eigenvalue weighted by Crippen LogP contribution is -2.04. The van der Waals surface area contributed by atoms with E-state index in [1.54, 1.807) is 0 Å². The summed E-state index contributed by atoms with van der Waals surface area (Å²) in [6.45, 7) is 4.85. The maximum absolute atomic E-state index is 3.74. The third-order valence-corrected chi connectivity index (χ3v) is 1.31. The minimum atomic E-state index is 0.805. The quantitative estimate of drug-likeness (QED) is 0.288. The number of allylic oxidation sites excluding steroid dienone is 2. The van der Waals surface area contributed by atoms with Gasteiger partial charge >= 0.3 is 0 Å². The second-order valence-corrected chi connectivity index (χ2v) is 2.42.